The predicted octanol–water partition coefficient (Wildman–Crippen LogP) is 2.24. The molecular formula is C15H18F3N3O6S. The third-order valence-corrected chi connectivity index (χ3v) is 4.99. The fourth-order valence-electron chi connectivity index (χ4n) is 2.48. The Kier molecular flexibility index (Phi) is 6.37. The van der Waals surface area contributed by atoms with E-state index in [2.05, 4.69) is 21.1 Å². The largest absolute Gasteiger partial charge is 0.534 e. The summed E-state index contributed by atoms with van der Waals surface area (Å²) in [7, 11) is -5.77. The number of hydrogen-bond acceptors (Lipinski definition) is 8. The lowest BCUT2D eigenvalue weighted by molar-refractivity contribution is -0.158. The average Bonchev–Trinajstić information content (AvgIpc) is 3.08. The molecule has 0 fully saturated rings. The highest BCUT2D eigenvalue weighted by atomic mass is 32.2. The van der Waals surface area contributed by atoms with E-state index in [-0.39, 0.29) is 38.4 Å². The first-order chi connectivity index (χ1) is 13.0. The molecule has 28 heavy (non-hydrogen) atoms. The maximum atomic E-state index is 12.5. The molecule has 0 amide bonds. The zero-order valence-electron chi connectivity index (χ0n) is 14.8. The van der Waals surface area contributed by atoms with Crippen LogP contribution in [0.2, 0.25) is 0 Å². The average molecular weight is 425 g/mol. The number of nitrogens with zero attached hydrogens (tertiary/aromatic N) is 3. The van der Waals surface area contributed by atoms with Crippen LogP contribution in [0.5, 0.6) is 5.88 Å². The molecule has 0 saturated heterocycles. The van der Waals surface area contributed by atoms with E-state index >= 15 is 0 Å². The van der Waals surface area contributed by atoms with Crippen molar-refractivity contribution < 1.29 is 40.0 Å². The molecule has 0 saturated carbocycles. The Balaban J connectivity index is 2.18. The van der Waals surface area contributed by atoms with Crippen molar-refractivity contribution in [2.75, 3.05) is 13.2 Å². The van der Waals surface area contributed by atoms with Gasteiger partial charge in [0, 0.05) is 12.6 Å². The van der Waals surface area contributed by atoms with E-state index in [1.165, 1.54) is 17.1 Å². The zero-order chi connectivity index (χ0) is 21.0. The molecule has 1 aliphatic carbocycles. The van der Waals surface area contributed by atoms with Gasteiger partial charge in [-0.1, -0.05) is 11.8 Å². The lowest BCUT2D eigenvalue weighted by atomic mass is 9.77. The molecule has 9 nitrogen and oxygen atoms in total. The van der Waals surface area contributed by atoms with E-state index in [9.17, 15) is 26.4 Å². The molecule has 0 N–H and O–H groups in total. The second-order valence-corrected chi connectivity index (χ2v) is 7.38. The van der Waals surface area contributed by atoms with Crippen molar-refractivity contribution in [2.45, 2.75) is 31.7 Å². The van der Waals surface area contributed by atoms with E-state index in [1.54, 1.807) is 6.92 Å². The van der Waals surface area contributed by atoms with Crippen molar-refractivity contribution in [3.8, 4) is 5.88 Å². The summed E-state index contributed by atoms with van der Waals surface area (Å²) in [5.74, 6) is -0.819. The molecule has 1 aromatic rings. The van der Waals surface area contributed by atoms with E-state index in [0.29, 0.717) is 0 Å². The SMILES string of the molecule is C=Cn1nncc1OCC1(C(=O)OCC)CC=C(OS(=O)(=O)C(F)(F)F)CC1. The van der Waals surface area contributed by atoms with Gasteiger partial charge in [-0.3, -0.25) is 4.79 Å². The molecular weight excluding hydrogens is 407 g/mol. The quantitative estimate of drug-likeness (QED) is 0.354. The van der Waals surface area contributed by atoms with Crippen LogP contribution in [-0.4, -0.2) is 48.1 Å². The maximum absolute atomic E-state index is 12.5. The Morgan fingerprint density at radius 1 is 1.46 bits per heavy atom. The third-order valence-electron chi connectivity index (χ3n) is 3.99. The highest BCUT2D eigenvalue weighted by Crippen LogP contribution is 2.39. The van der Waals surface area contributed by atoms with Crippen molar-refractivity contribution in [1.82, 2.24) is 15.0 Å². The standard InChI is InChI=1S/C15H18F3N3O6S/c1-3-21-12(9-19-20-21)26-10-14(13(22)25-4-2)7-5-11(6-8-14)27-28(23,24)15(16,17)18/h3,5,9H,1,4,6-8,10H2,2H3. The molecule has 1 unspecified atom stereocenters. The summed E-state index contributed by atoms with van der Waals surface area (Å²) in [6.07, 6.45) is 3.34. The van der Waals surface area contributed by atoms with Gasteiger partial charge in [-0.15, -0.1) is 5.10 Å². The Morgan fingerprint density at radius 3 is 2.71 bits per heavy atom. The van der Waals surface area contributed by atoms with Crippen LogP contribution in [0.25, 0.3) is 6.20 Å². The Bertz CT molecular complexity index is 865. The highest BCUT2D eigenvalue weighted by molar-refractivity contribution is 7.87. The fraction of sp³-hybridized carbons (Fsp3) is 0.533. The van der Waals surface area contributed by atoms with Gasteiger partial charge in [0.05, 0.1) is 6.61 Å². The minimum Gasteiger partial charge on any atom is -0.475 e. The van der Waals surface area contributed by atoms with Gasteiger partial charge in [0.2, 0.25) is 5.88 Å². The first kappa shape index (κ1) is 21.7. The second-order valence-electron chi connectivity index (χ2n) is 5.85. The van der Waals surface area contributed by atoms with Crippen LogP contribution in [0.15, 0.2) is 24.6 Å². The van der Waals surface area contributed by atoms with Gasteiger partial charge in [-0.25, -0.2) is 0 Å². The van der Waals surface area contributed by atoms with Crippen molar-refractivity contribution in [3.05, 3.63) is 24.6 Å². The Morgan fingerprint density at radius 2 is 2.18 bits per heavy atom. The molecule has 1 aromatic heterocycles. The van der Waals surface area contributed by atoms with Crippen LogP contribution < -0.4 is 4.74 Å². The summed E-state index contributed by atoms with van der Waals surface area (Å²) >= 11 is 0. The number of hydrogen-bond donors (Lipinski definition) is 0. The molecule has 0 bridgehead atoms. The van der Waals surface area contributed by atoms with Crippen LogP contribution in [-0.2, 0) is 23.8 Å². The molecule has 2 rings (SSSR count). The van der Waals surface area contributed by atoms with Gasteiger partial charge < -0.3 is 13.7 Å². The van der Waals surface area contributed by atoms with Crippen LogP contribution in [0.4, 0.5) is 13.2 Å². The number of ether oxygens (including phenoxy) is 2. The molecule has 0 aliphatic heterocycles. The second kappa shape index (κ2) is 8.20. The van der Waals surface area contributed by atoms with Crippen LogP contribution in [0.1, 0.15) is 26.2 Å². The maximum Gasteiger partial charge on any atom is 0.534 e. The normalized spacial score (nSPS) is 20.2. The topological polar surface area (TPSA) is 110 Å². The van der Waals surface area contributed by atoms with Gasteiger partial charge in [0.1, 0.15) is 24.0 Å². The third kappa shape index (κ3) is 4.64. The summed E-state index contributed by atoms with van der Waals surface area (Å²) in [5, 5.41) is 7.31. The minimum absolute atomic E-state index is 0.0410. The summed E-state index contributed by atoms with van der Waals surface area (Å²) < 4.78 is 75.7. The van der Waals surface area contributed by atoms with E-state index in [0.717, 1.165) is 6.08 Å². The molecule has 0 spiro atoms. The number of allylic oxidation sites excluding steroid dienone is 2. The van der Waals surface area contributed by atoms with Crippen molar-refractivity contribution >= 4 is 22.3 Å². The van der Waals surface area contributed by atoms with Gasteiger partial charge in [0.25, 0.3) is 0 Å². The minimum atomic E-state index is -5.77. The Labute approximate surface area is 158 Å². The van der Waals surface area contributed by atoms with Crippen molar-refractivity contribution in [1.29, 1.82) is 0 Å². The fourth-order valence-corrected chi connectivity index (χ4v) is 3.00. The van der Waals surface area contributed by atoms with Gasteiger partial charge in [-0.2, -0.15) is 26.3 Å². The summed E-state index contributed by atoms with van der Waals surface area (Å²) in [5.41, 5.74) is -6.77. The van der Waals surface area contributed by atoms with Gasteiger partial charge >= 0.3 is 21.6 Å². The number of alkyl halides is 3. The first-order valence-corrected chi connectivity index (χ1v) is 9.48. The van der Waals surface area contributed by atoms with Crippen molar-refractivity contribution in [3.63, 3.8) is 0 Å². The molecule has 1 heterocycles. The number of halogens is 3. The monoisotopic (exact) mass is 425 g/mol. The number of esters is 1. The molecule has 0 radical (unpaired) electrons. The van der Waals surface area contributed by atoms with Gasteiger partial charge in [-0.05, 0) is 25.8 Å². The molecule has 156 valence electrons. The molecule has 13 heteroatoms. The molecule has 0 aromatic carbocycles. The molecule has 1 aliphatic rings. The van der Waals surface area contributed by atoms with Crippen LogP contribution in [0.3, 0.4) is 0 Å². The number of carbonyl (C=O) groups is 1. The van der Waals surface area contributed by atoms with E-state index in [4.69, 9.17) is 9.47 Å². The lowest BCUT2D eigenvalue weighted by Gasteiger charge is -2.33. The van der Waals surface area contributed by atoms with Crippen LogP contribution in [0, 0.1) is 5.41 Å². The first-order valence-electron chi connectivity index (χ1n) is 8.07. The molecule has 1 atom stereocenters. The van der Waals surface area contributed by atoms with E-state index in [1.807, 2.05) is 0 Å². The summed E-state index contributed by atoms with van der Waals surface area (Å²) in [4.78, 5) is 12.5. The number of carbonyl (C=O) groups excluding carboxylic acids is 1. The smallest absolute Gasteiger partial charge is 0.475 e. The summed E-state index contributed by atoms with van der Waals surface area (Å²) in [6, 6.07) is 0. The van der Waals surface area contributed by atoms with E-state index < -0.39 is 32.8 Å². The Hall–Kier alpha value is -2.57. The zero-order valence-corrected chi connectivity index (χ0v) is 15.6. The van der Waals surface area contributed by atoms with Crippen LogP contribution >= 0.6 is 0 Å². The van der Waals surface area contributed by atoms with Gasteiger partial charge in [0.15, 0.2) is 0 Å². The predicted molar refractivity (Wildman–Crippen MR) is 89.0 cm³/mol. The number of aromatic nitrogens is 3. The lowest BCUT2D eigenvalue weighted by Crippen LogP contribution is -2.40. The van der Waals surface area contributed by atoms with Crippen molar-refractivity contribution in [2.24, 2.45) is 5.41 Å². The number of rotatable bonds is 8. The highest BCUT2D eigenvalue weighted by Gasteiger charge is 2.50. The summed E-state index contributed by atoms with van der Waals surface area (Å²) in [6.45, 7) is 5.02.